The Balaban J connectivity index is 1.65. The third kappa shape index (κ3) is 6.45. The Kier molecular flexibility index (Phi) is 7.54. The Bertz CT molecular complexity index is 1090. The van der Waals surface area contributed by atoms with Gasteiger partial charge < -0.3 is 15.4 Å². The maximum absolute atomic E-state index is 12.9. The van der Waals surface area contributed by atoms with E-state index in [0.717, 1.165) is 5.56 Å². The van der Waals surface area contributed by atoms with E-state index in [1.165, 1.54) is 5.56 Å². The third-order valence-electron chi connectivity index (χ3n) is 5.48. The lowest BCUT2D eigenvalue weighted by Crippen LogP contribution is -2.32. The van der Waals surface area contributed by atoms with Crippen LogP contribution in [0.3, 0.4) is 0 Å². The Morgan fingerprint density at radius 2 is 1.42 bits per heavy atom. The number of hydrogen-bond acceptors (Lipinski definition) is 3. The number of carbonyl (C=O) groups is 2. The first kappa shape index (κ1) is 24.1. The lowest BCUT2D eigenvalue weighted by atomic mass is 9.87. The van der Waals surface area contributed by atoms with Gasteiger partial charge in [0.2, 0.25) is 0 Å². The number of nitrogens with one attached hydrogen (secondary N) is 2. The van der Waals surface area contributed by atoms with Crippen LogP contribution >= 0.6 is 0 Å². The highest BCUT2D eigenvalue weighted by Crippen LogP contribution is 2.25. The van der Waals surface area contributed by atoms with Crippen molar-refractivity contribution in [2.45, 2.75) is 52.2 Å². The molecule has 0 aliphatic rings. The van der Waals surface area contributed by atoms with Crippen molar-refractivity contribution in [2.75, 3.05) is 5.32 Å². The Morgan fingerprint density at radius 1 is 0.818 bits per heavy atom. The predicted octanol–water partition coefficient (Wildman–Crippen LogP) is 5.88. The van der Waals surface area contributed by atoms with Gasteiger partial charge in [0.25, 0.3) is 11.8 Å². The predicted molar refractivity (Wildman–Crippen MR) is 133 cm³/mol. The SMILES string of the molecule is C[C@H](Oc1ccc(C(C)(C)C)cc1)C(=O)Nc1ccccc1C(=O)N[C@H](C)c1ccccc1. The third-order valence-corrected chi connectivity index (χ3v) is 5.48. The summed E-state index contributed by atoms with van der Waals surface area (Å²) in [5.74, 6) is 0.0354. The zero-order valence-electron chi connectivity index (χ0n) is 19.9. The van der Waals surface area contributed by atoms with Crippen molar-refractivity contribution in [3.05, 3.63) is 95.6 Å². The summed E-state index contributed by atoms with van der Waals surface area (Å²) in [6.07, 6.45) is -0.732. The molecular formula is C28H32N2O3. The normalized spacial score (nSPS) is 13.0. The van der Waals surface area contributed by atoms with Gasteiger partial charge in [-0.1, -0.05) is 75.4 Å². The summed E-state index contributed by atoms with van der Waals surface area (Å²) in [5.41, 5.74) is 3.08. The van der Waals surface area contributed by atoms with Crippen LogP contribution in [0, 0.1) is 0 Å². The molecule has 2 amide bonds. The fraction of sp³-hybridized carbons (Fsp3) is 0.286. The van der Waals surface area contributed by atoms with Crippen LogP contribution in [0.2, 0.25) is 0 Å². The molecule has 0 saturated heterocycles. The largest absolute Gasteiger partial charge is 0.481 e. The van der Waals surface area contributed by atoms with Gasteiger partial charge in [0.1, 0.15) is 5.75 Å². The fourth-order valence-corrected chi connectivity index (χ4v) is 3.42. The van der Waals surface area contributed by atoms with Gasteiger partial charge in [0.05, 0.1) is 17.3 Å². The minimum atomic E-state index is -0.732. The number of hydrogen-bond donors (Lipinski definition) is 2. The van der Waals surface area contributed by atoms with E-state index >= 15 is 0 Å². The first-order valence-corrected chi connectivity index (χ1v) is 11.2. The standard InChI is InChI=1S/C28H32N2O3/c1-19(21-11-7-6-8-12-21)29-27(32)24-13-9-10-14-25(24)30-26(31)20(2)33-23-17-15-22(16-18-23)28(3,4)5/h6-20H,1-5H3,(H,29,32)(H,30,31)/t19-,20+/m1/s1. The van der Waals surface area contributed by atoms with E-state index in [1.54, 1.807) is 31.2 Å². The zero-order chi connectivity index (χ0) is 24.0. The van der Waals surface area contributed by atoms with Gasteiger partial charge >= 0.3 is 0 Å². The van der Waals surface area contributed by atoms with Gasteiger partial charge in [-0.15, -0.1) is 0 Å². The van der Waals surface area contributed by atoms with E-state index in [-0.39, 0.29) is 23.3 Å². The molecule has 3 aromatic carbocycles. The van der Waals surface area contributed by atoms with Crippen molar-refractivity contribution in [3.63, 3.8) is 0 Å². The molecule has 0 aliphatic heterocycles. The van der Waals surface area contributed by atoms with E-state index in [1.807, 2.05) is 61.5 Å². The topological polar surface area (TPSA) is 67.4 Å². The van der Waals surface area contributed by atoms with Gasteiger partial charge in [-0.05, 0) is 54.7 Å². The monoisotopic (exact) mass is 444 g/mol. The van der Waals surface area contributed by atoms with Crippen LogP contribution in [0.25, 0.3) is 0 Å². The molecule has 172 valence electrons. The molecule has 5 nitrogen and oxygen atoms in total. The van der Waals surface area contributed by atoms with Crippen molar-refractivity contribution in [1.82, 2.24) is 5.32 Å². The van der Waals surface area contributed by atoms with Gasteiger partial charge in [0, 0.05) is 0 Å². The second-order valence-electron chi connectivity index (χ2n) is 9.18. The van der Waals surface area contributed by atoms with E-state index in [4.69, 9.17) is 4.74 Å². The molecule has 0 heterocycles. The second kappa shape index (κ2) is 10.3. The molecular weight excluding hydrogens is 412 g/mol. The van der Waals surface area contributed by atoms with Crippen LogP contribution in [0.15, 0.2) is 78.9 Å². The smallest absolute Gasteiger partial charge is 0.265 e. The summed E-state index contributed by atoms with van der Waals surface area (Å²) in [4.78, 5) is 25.7. The molecule has 0 bridgehead atoms. The summed E-state index contributed by atoms with van der Waals surface area (Å²) >= 11 is 0. The van der Waals surface area contributed by atoms with Gasteiger partial charge in [0.15, 0.2) is 6.10 Å². The zero-order valence-corrected chi connectivity index (χ0v) is 19.9. The molecule has 3 rings (SSSR count). The number of amides is 2. The van der Waals surface area contributed by atoms with Crippen molar-refractivity contribution < 1.29 is 14.3 Å². The first-order valence-electron chi connectivity index (χ1n) is 11.2. The molecule has 0 unspecified atom stereocenters. The summed E-state index contributed by atoms with van der Waals surface area (Å²) in [7, 11) is 0. The Hall–Kier alpha value is -3.60. The number of carbonyl (C=O) groups excluding carboxylic acids is 2. The molecule has 0 fully saturated rings. The molecule has 2 N–H and O–H groups in total. The maximum atomic E-state index is 12.9. The quantitative estimate of drug-likeness (QED) is 0.478. The van der Waals surface area contributed by atoms with Gasteiger partial charge in [-0.2, -0.15) is 0 Å². The highest BCUT2D eigenvalue weighted by molar-refractivity contribution is 6.04. The van der Waals surface area contributed by atoms with Crippen molar-refractivity contribution in [3.8, 4) is 5.75 Å². The van der Waals surface area contributed by atoms with Crippen molar-refractivity contribution in [1.29, 1.82) is 0 Å². The molecule has 0 saturated carbocycles. The van der Waals surface area contributed by atoms with Gasteiger partial charge in [-0.3, -0.25) is 9.59 Å². The van der Waals surface area contributed by atoms with E-state index < -0.39 is 6.10 Å². The van der Waals surface area contributed by atoms with E-state index in [0.29, 0.717) is 17.0 Å². The molecule has 0 aliphatic carbocycles. The summed E-state index contributed by atoms with van der Waals surface area (Å²) in [6, 6.07) is 24.3. The molecule has 0 radical (unpaired) electrons. The number of para-hydroxylation sites is 1. The minimum Gasteiger partial charge on any atom is -0.481 e. The van der Waals surface area contributed by atoms with Crippen LogP contribution in [0.4, 0.5) is 5.69 Å². The number of ether oxygens (including phenoxy) is 1. The molecule has 3 aromatic rings. The lowest BCUT2D eigenvalue weighted by molar-refractivity contribution is -0.122. The Morgan fingerprint density at radius 3 is 2.06 bits per heavy atom. The van der Waals surface area contributed by atoms with E-state index in [2.05, 4.69) is 31.4 Å². The average Bonchev–Trinajstić information content (AvgIpc) is 2.79. The Labute approximate surface area is 196 Å². The van der Waals surface area contributed by atoms with E-state index in [9.17, 15) is 9.59 Å². The van der Waals surface area contributed by atoms with Crippen LogP contribution in [0.5, 0.6) is 5.75 Å². The molecule has 5 heteroatoms. The van der Waals surface area contributed by atoms with Crippen LogP contribution in [-0.2, 0) is 10.2 Å². The second-order valence-corrected chi connectivity index (χ2v) is 9.18. The highest BCUT2D eigenvalue weighted by Gasteiger charge is 2.20. The maximum Gasteiger partial charge on any atom is 0.265 e. The lowest BCUT2D eigenvalue weighted by Gasteiger charge is -2.20. The summed E-state index contributed by atoms with van der Waals surface area (Å²) in [6.45, 7) is 10.1. The molecule has 0 aromatic heterocycles. The van der Waals surface area contributed by atoms with Crippen LogP contribution in [-0.4, -0.2) is 17.9 Å². The number of benzene rings is 3. The van der Waals surface area contributed by atoms with Crippen LogP contribution < -0.4 is 15.4 Å². The first-order chi connectivity index (χ1) is 15.6. The summed E-state index contributed by atoms with van der Waals surface area (Å²) < 4.78 is 5.83. The average molecular weight is 445 g/mol. The van der Waals surface area contributed by atoms with Crippen LogP contribution in [0.1, 0.15) is 62.1 Å². The molecule has 0 spiro atoms. The fourth-order valence-electron chi connectivity index (χ4n) is 3.42. The highest BCUT2D eigenvalue weighted by atomic mass is 16.5. The van der Waals surface area contributed by atoms with Crippen molar-refractivity contribution >= 4 is 17.5 Å². The minimum absolute atomic E-state index is 0.0454. The van der Waals surface area contributed by atoms with Crippen molar-refractivity contribution in [2.24, 2.45) is 0 Å². The van der Waals surface area contributed by atoms with Gasteiger partial charge in [-0.25, -0.2) is 0 Å². The number of anilines is 1. The number of rotatable bonds is 7. The summed E-state index contributed by atoms with van der Waals surface area (Å²) in [5, 5.41) is 5.83. The molecule has 2 atom stereocenters. The molecule has 33 heavy (non-hydrogen) atoms.